The van der Waals surface area contributed by atoms with Gasteiger partial charge in [0.25, 0.3) is 0 Å². The Morgan fingerprint density at radius 2 is 1.76 bits per heavy atom. The molecule has 17 heavy (non-hydrogen) atoms. The van der Waals surface area contributed by atoms with Crippen molar-refractivity contribution in [2.75, 3.05) is 13.1 Å². The molecule has 1 aromatic rings. The van der Waals surface area contributed by atoms with E-state index in [2.05, 4.69) is 4.98 Å². The standard InChI is InChI=1S/C10H12Cl2N2O2S/c11-8-6-13-7-9(10(8)12)17(15,16)14-4-2-1-3-5-14/h6-7H,1-5H2. The minimum atomic E-state index is -3.56. The van der Waals surface area contributed by atoms with Gasteiger partial charge in [-0.05, 0) is 12.8 Å². The maximum Gasteiger partial charge on any atom is 0.246 e. The van der Waals surface area contributed by atoms with Gasteiger partial charge in [-0.2, -0.15) is 4.31 Å². The van der Waals surface area contributed by atoms with Crippen molar-refractivity contribution in [2.45, 2.75) is 24.2 Å². The van der Waals surface area contributed by atoms with Gasteiger partial charge < -0.3 is 0 Å². The summed E-state index contributed by atoms with van der Waals surface area (Å²) in [7, 11) is -3.56. The summed E-state index contributed by atoms with van der Waals surface area (Å²) < 4.78 is 26.0. The Balaban J connectivity index is 2.40. The molecule has 1 saturated heterocycles. The quantitative estimate of drug-likeness (QED) is 0.842. The molecule has 0 aliphatic carbocycles. The summed E-state index contributed by atoms with van der Waals surface area (Å²) in [6, 6.07) is 0. The Bertz CT molecular complexity index is 513. The van der Waals surface area contributed by atoms with Crippen LogP contribution in [-0.4, -0.2) is 30.8 Å². The highest BCUT2D eigenvalue weighted by Crippen LogP contribution is 2.30. The third-order valence-corrected chi connectivity index (χ3v) is 5.55. The Kier molecular flexibility index (Phi) is 3.92. The molecule has 0 spiro atoms. The lowest BCUT2D eigenvalue weighted by Gasteiger charge is -2.26. The Labute approximate surface area is 111 Å². The summed E-state index contributed by atoms with van der Waals surface area (Å²) in [5, 5.41) is 0.206. The van der Waals surface area contributed by atoms with Crippen LogP contribution in [0.5, 0.6) is 0 Å². The number of hydrogen-bond acceptors (Lipinski definition) is 3. The van der Waals surface area contributed by atoms with E-state index < -0.39 is 10.0 Å². The highest BCUT2D eigenvalue weighted by molar-refractivity contribution is 7.89. The zero-order valence-electron chi connectivity index (χ0n) is 9.07. The van der Waals surface area contributed by atoms with Gasteiger partial charge in [0.1, 0.15) is 4.90 Å². The summed E-state index contributed by atoms with van der Waals surface area (Å²) in [5.41, 5.74) is 0. The van der Waals surface area contributed by atoms with Crippen LogP contribution in [0.25, 0.3) is 0 Å². The zero-order chi connectivity index (χ0) is 12.5. The molecule has 2 rings (SSSR count). The number of pyridine rings is 1. The molecule has 0 bridgehead atoms. The van der Waals surface area contributed by atoms with E-state index in [0.29, 0.717) is 13.1 Å². The van der Waals surface area contributed by atoms with Crippen LogP contribution in [0.2, 0.25) is 10.0 Å². The van der Waals surface area contributed by atoms with Crippen molar-refractivity contribution in [3.8, 4) is 0 Å². The van der Waals surface area contributed by atoms with Crippen LogP contribution < -0.4 is 0 Å². The molecule has 1 aromatic heterocycles. The van der Waals surface area contributed by atoms with E-state index in [9.17, 15) is 8.42 Å². The maximum atomic E-state index is 12.3. The van der Waals surface area contributed by atoms with Gasteiger partial charge in [-0.1, -0.05) is 29.6 Å². The second-order valence-electron chi connectivity index (χ2n) is 3.90. The molecule has 1 fully saturated rings. The lowest BCUT2D eigenvalue weighted by Crippen LogP contribution is -2.35. The van der Waals surface area contributed by atoms with Crippen LogP contribution in [0.3, 0.4) is 0 Å². The molecule has 1 aliphatic rings. The number of aromatic nitrogens is 1. The lowest BCUT2D eigenvalue weighted by molar-refractivity contribution is 0.346. The summed E-state index contributed by atoms with van der Waals surface area (Å²) in [4.78, 5) is 3.78. The number of hydrogen-bond donors (Lipinski definition) is 0. The fourth-order valence-electron chi connectivity index (χ4n) is 1.83. The summed E-state index contributed by atoms with van der Waals surface area (Å²) >= 11 is 11.7. The van der Waals surface area contributed by atoms with Crippen molar-refractivity contribution in [2.24, 2.45) is 0 Å². The molecule has 4 nitrogen and oxygen atoms in total. The fourth-order valence-corrected chi connectivity index (χ4v) is 3.98. The Morgan fingerprint density at radius 1 is 1.12 bits per heavy atom. The molecule has 0 saturated carbocycles. The monoisotopic (exact) mass is 294 g/mol. The minimum absolute atomic E-state index is 0.00596. The third-order valence-electron chi connectivity index (χ3n) is 2.74. The van der Waals surface area contributed by atoms with Gasteiger partial charge in [-0.15, -0.1) is 0 Å². The van der Waals surface area contributed by atoms with Crippen LogP contribution >= 0.6 is 23.2 Å². The van der Waals surface area contributed by atoms with Gasteiger partial charge in [0.2, 0.25) is 10.0 Å². The van der Waals surface area contributed by atoms with E-state index in [0.717, 1.165) is 19.3 Å². The number of piperidine rings is 1. The van der Waals surface area contributed by atoms with Crippen molar-refractivity contribution >= 4 is 33.2 Å². The number of halogens is 2. The van der Waals surface area contributed by atoms with Crippen LogP contribution in [0.4, 0.5) is 0 Å². The molecule has 0 aromatic carbocycles. The molecule has 94 valence electrons. The molecule has 1 aliphatic heterocycles. The van der Waals surface area contributed by atoms with E-state index in [4.69, 9.17) is 23.2 Å². The smallest absolute Gasteiger partial charge is 0.246 e. The largest absolute Gasteiger partial charge is 0.262 e. The fraction of sp³-hybridized carbons (Fsp3) is 0.500. The van der Waals surface area contributed by atoms with Crippen molar-refractivity contribution in [3.63, 3.8) is 0 Å². The van der Waals surface area contributed by atoms with Crippen molar-refractivity contribution in [1.29, 1.82) is 0 Å². The molecule has 0 N–H and O–H groups in total. The summed E-state index contributed by atoms with van der Waals surface area (Å²) in [6.45, 7) is 1.07. The average Bonchev–Trinajstić information content (AvgIpc) is 2.33. The zero-order valence-corrected chi connectivity index (χ0v) is 11.4. The minimum Gasteiger partial charge on any atom is -0.262 e. The lowest BCUT2D eigenvalue weighted by atomic mass is 10.2. The van der Waals surface area contributed by atoms with E-state index in [1.165, 1.54) is 16.7 Å². The van der Waals surface area contributed by atoms with Crippen LogP contribution in [0.15, 0.2) is 17.3 Å². The predicted molar refractivity (Wildman–Crippen MR) is 66.9 cm³/mol. The van der Waals surface area contributed by atoms with E-state index in [1.807, 2.05) is 0 Å². The van der Waals surface area contributed by atoms with Crippen LogP contribution in [-0.2, 0) is 10.0 Å². The molecule has 0 unspecified atom stereocenters. The Morgan fingerprint density at radius 3 is 2.41 bits per heavy atom. The van der Waals surface area contributed by atoms with Gasteiger partial charge >= 0.3 is 0 Å². The predicted octanol–water partition coefficient (Wildman–Crippen LogP) is 2.56. The molecule has 2 heterocycles. The highest BCUT2D eigenvalue weighted by atomic mass is 35.5. The van der Waals surface area contributed by atoms with Gasteiger partial charge in [0.05, 0.1) is 10.0 Å². The first kappa shape index (κ1) is 13.1. The number of rotatable bonds is 2. The van der Waals surface area contributed by atoms with Gasteiger partial charge in [0.15, 0.2) is 0 Å². The summed E-state index contributed by atoms with van der Waals surface area (Å²) in [6.07, 6.45) is 5.40. The second kappa shape index (κ2) is 5.10. The first-order chi connectivity index (χ1) is 8.03. The molecule has 0 radical (unpaired) electrons. The van der Waals surface area contributed by atoms with Gasteiger partial charge in [0, 0.05) is 25.5 Å². The van der Waals surface area contributed by atoms with Crippen molar-refractivity contribution in [1.82, 2.24) is 9.29 Å². The van der Waals surface area contributed by atoms with E-state index in [-0.39, 0.29) is 14.9 Å². The second-order valence-corrected chi connectivity index (χ2v) is 6.59. The first-order valence-corrected chi connectivity index (χ1v) is 7.52. The van der Waals surface area contributed by atoms with Gasteiger partial charge in [-0.25, -0.2) is 8.42 Å². The van der Waals surface area contributed by atoms with Crippen LogP contribution in [0, 0.1) is 0 Å². The molecule has 7 heteroatoms. The van der Waals surface area contributed by atoms with Crippen molar-refractivity contribution < 1.29 is 8.42 Å². The van der Waals surface area contributed by atoms with Crippen molar-refractivity contribution in [3.05, 3.63) is 22.4 Å². The number of sulfonamides is 1. The normalized spacial score (nSPS) is 18.2. The molecule has 0 amide bonds. The maximum absolute atomic E-state index is 12.3. The Hall–Kier alpha value is -0.360. The first-order valence-electron chi connectivity index (χ1n) is 5.32. The topological polar surface area (TPSA) is 50.3 Å². The van der Waals surface area contributed by atoms with Crippen LogP contribution in [0.1, 0.15) is 19.3 Å². The third kappa shape index (κ3) is 2.57. The number of nitrogens with zero attached hydrogens (tertiary/aromatic N) is 2. The molecular weight excluding hydrogens is 283 g/mol. The highest BCUT2D eigenvalue weighted by Gasteiger charge is 2.28. The van der Waals surface area contributed by atoms with E-state index >= 15 is 0 Å². The molecule has 0 atom stereocenters. The molecular formula is C10H12Cl2N2O2S. The SMILES string of the molecule is O=S(=O)(c1cncc(Cl)c1Cl)N1CCCCC1. The summed E-state index contributed by atoms with van der Waals surface area (Å²) in [5.74, 6) is 0. The van der Waals surface area contributed by atoms with Gasteiger partial charge in [-0.3, -0.25) is 4.98 Å². The van der Waals surface area contributed by atoms with E-state index in [1.54, 1.807) is 0 Å². The average molecular weight is 295 g/mol.